The Bertz CT molecular complexity index is 799. The van der Waals surface area contributed by atoms with Gasteiger partial charge in [-0.15, -0.1) is 0 Å². The lowest BCUT2D eigenvalue weighted by Gasteiger charge is -2.08. The minimum absolute atomic E-state index is 0.157. The number of aromatic nitrogens is 2. The average molecular weight is 421 g/mol. The maximum atomic E-state index is 12.3. The second kappa shape index (κ2) is 6.46. The summed E-state index contributed by atoms with van der Waals surface area (Å²) in [6.07, 6.45) is 3.57. The fourth-order valence-electron chi connectivity index (χ4n) is 1.97. The molecule has 3 rings (SSSR count). The molecule has 3 aromatic rings. The van der Waals surface area contributed by atoms with Gasteiger partial charge >= 0.3 is 0 Å². The molecule has 0 radical (unpaired) electrons. The van der Waals surface area contributed by atoms with Gasteiger partial charge in [0.1, 0.15) is 0 Å². The van der Waals surface area contributed by atoms with E-state index in [-0.39, 0.29) is 5.91 Å². The van der Waals surface area contributed by atoms with E-state index >= 15 is 0 Å². The molecular formula is C16H11Br2N3O. The van der Waals surface area contributed by atoms with Gasteiger partial charge in [0.15, 0.2) is 0 Å². The summed E-state index contributed by atoms with van der Waals surface area (Å²) >= 11 is 6.81. The number of anilines is 1. The predicted octanol–water partition coefficient (Wildman–Crippen LogP) is 4.65. The van der Waals surface area contributed by atoms with Crippen LogP contribution in [0.3, 0.4) is 0 Å². The molecule has 0 aliphatic carbocycles. The van der Waals surface area contributed by atoms with E-state index in [0.717, 1.165) is 20.3 Å². The van der Waals surface area contributed by atoms with Crippen LogP contribution in [-0.2, 0) is 0 Å². The fraction of sp³-hybridized carbons (Fsp3) is 0. The van der Waals surface area contributed by atoms with Crippen LogP contribution in [0.1, 0.15) is 10.4 Å². The number of benzene rings is 2. The predicted molar refractivity (Wildman–Crippen MR) is 93.4 cm³/mol. The number of nitrogens with one attached hydrogen (secondary N) is 1. The monoisotopic (exact) mass is 419 g/mol. The molecule has 0 atom stereocenters. The summed E-state index contributed by atoms with van der Waals surface area (Å²) in [7, 11) is 0. The molecule has 4 nitrogen and oxygen atoms in total. The normalized spacial score (nSPS) is 10.5. The van der Waals surface area contributed by atoms with E-state index in [1.807, 2.05) is 42.6 Å². The van der Waals surface area contributed by atoms with Gasteiger partial charge in [0.25, 0.3) is 5.91 Å². The van der Waals surface area contributed by atoms with Gasteiger partial charge in [-0.05, 0) is 64.5 Å². The number of halogens is 2. The summed E-state index contributed by atoms with van der Waals surface area (Å²) < 4.78 is 3.51. The Kier molecular flexibility index (Phi) is 4.40. The van der Waals surface area contributed by atoms with Crippen LogP contribution >= 0.6 is 31.9 Å². The standard InChI is InChI=1S/C16H11Br2N3O/c17-12-4-7-15(14(18)10-12)20-16(22)11-2-5-13(6-3-11)21-9-1-8-19-21/h1-10H,(H,20,22). The molecule has 1 amide bonds. The first-order chi connectivity index (χ1) is 10.6. The highest BCUT2D eigenvalue weighted by Crippen LogP contribution is 2.26. The lowest BCUT2D eigenvalue weighted by atomic mass is 10.2. The van der Waals surface area contributed by atoms with Gasteiger partial charge in [-0.3, -0.25) is 4.79 Å². The third kappa shape index (κ3) is 3.28. The summed E-state index contributed by atoms with van der Waals surface area (Å²) in [5, 5.41) is 7.03. The van der Waals surface area contributed by atoms with Gasteiger partial charge in [0, 0.05) is 26.9 Å². The Morgan fingerprint density at radius 3 is 2.50 bits per heavy atom. The molecule has 1 heterocycles. The summed E-state index contributed by atoms with van der Waals surface area (Å²) in [6, 6.07) is 14.7. The Hall–Kier alpha value is -1.92. The number of rotatable bonds is 3. The number of hydrogen-bond acceptors (Lipinski definition) is 2. The molecule has 0 bridgehead atoms. The smallest absolute Gasteiger partial charge is 0.255 e. The van der Waals surface area contributed by atoms with E-state index in [2.05, 4.69) is 42.3 Å². The van der Waals surface area contributed by atoms with E-state index < -0.39 is 0 Å². The first-order valence-corrected chi connectivity index (χ1v) is 8.08. The quantitative estimate of drug-likeness (QED) is 0.670. The van der Waals surface area contributed by atoms with Crippen LogP contribution in [0.25, 0.3) is 5.69 Å². The maximum Gasteiger partial charge on any atom is 0.255 e. The van der Waals surface area contributed by atoms with Crippen LogP contribution in [0.5, 0.6) is 0 Å². The van der Waals surface area contributed by atoms with E-state index in [1.54, 1.807) is 23.0 Å². The number of nitrogens with zero attached hydrogens (tertiary/aromatic N) is 2. The second-order valence-corrected chi connectivity index (χ2v) is 6.35. The largest absolute Gasteiger partial charge is 0.321 e. The highest BCUT2D eigenvalue weighted by molar-refractivity contribution is 9.11. The third-order valence-electron chi connectivity index (χ3n) is 3.08. The van der Waals surface area contributed by atoms with Crippen molar-refractivity contribution in [2.24, 2.45) is 0 Å². The molecule has 6 heteroatoms. The number of carbonyl (C=O) groups excluding carboxylic acids is 1. The molecule has 0 spiro atoms. The van der Waals surface area contributed by atoms with E-state index in [4.69, 9.17) is 0 Å². The molecule has 1 aromatic heterocycles. The van der Waals surface area contributed by atoms with Crippen LogP contribution in [0.2, 0.25) is 0 Å². The minimum Gasteiger partial charge on any atom is -0.321 e. The Morgan fingerprint density at radius 1 is 1.09 bits per heavy atom. The number of amides is 1. The van der Waals surface area contributed by atoms with Crippen LogP contribution in [-0.4, -0.2) is 15.7 Å². The zero-order valence-electron chi connectivity index (χ0n) is 11.3. The third-order valence-corrected chi connectivity index (χ3v) is 4.23. The Morgan fingerprint density at radius 2 is 1.86 bits per heavy atom. The lowest BCUT2D eigenvalue weighted by molar-refractivity contribution is 0.102. The minimum atomic E-state index is -0.157. The van der Waals surface area contributed by atoms with Crippen LogP contribution < -0.4 is 5.32 Å². The first kappa shape index (κ1) is 15.0. The van der Waals surface area contributed by atoms with Gasteiger partial charge in [-0.1, -0.05) is 15.9 Å². The van der Waals surface area contributed by atoms with E-state index in [0.29, 0.717) is 5.56 Å². The van der Waals surface area contributed by atoms with Crippen molar-refractivity contribution in [2.75, 3.05) is 5.32 Å². The highest BCUT2D eigenvalue weighted by Gasteiger charge is 2.09. The molecule has 0 aliphatic heterocycles. The molecule has 0 unspecified atom stereocenters. The van der Waals surface area contributed by atoms with Crippen molar-refractivity contribution < 1.29 is 4.79 Å². The summed E-state index contributed by atoms with van der Waals surface area (Å²) in [4.78, 5) is 12.3. The molecule has 0 saturated heterocycles. The summed E-state index contributed by atoms with van der Waals surface area (Å²) in [5.74, 6) is -0.157. The molecule has 1 N–H and O–H groups in total. The molecule has 0 saturated carbocycles. The van der Waals surface area contributed by atoms with Crippen LogP contribution in [0, 0.1) is 0 Å². The topological polar surface area (TPSA) is 46.9 Å². The number of hydrogen-bond donors (Lipinski definition) is 1. The molecule has 0 fully saturated rings. The van der Waals surface area contributed by atoms with Crippen LogP contribution in [0.4, 0.5) is 5.69 Å². The molecule has 110 valence electrons. The van der Waals surface area contributed by atoms with E-state index in [9.17, 15) is 4.79 Å². The highest BCUT2D eigenvalue weighted by atomic mass is 79.9. The zero-order valence-corrected chi connectivity index (χ0v) is 14.5. The van der Waals surface area contributed by atoms with Crippen molar-refractivity contribution in [3.63, 3.8) is 0 Å². The van der Waals surface area contributed by atoms with Crippen molar-refractivity contribution >= 4 is 43.5 Å². The first-order valence-electron chi connectivity index (χ1n) is 6.50. The van der Waals surface area contributed by atoms with Gasteiger partial charge in [0.05, 0.1) is 11.4 Å². The van der Waals surface area contributed by atoms with E-state index in [1.165, 1.54) is 0 Å². The van der Waals surface area contributed by atoms with Crippen molar-refractivity contribution in [1.82, 2.24) is 9.78 Å². The SMILES string of the molecule is O=C(Nc1ccc(Br)cc1Br)c1ccc(-n2cccn2)cc1. The Labute approximate surface area is 144 Å². The molecule has 22 heavy (non-hydrogen) atoms. The number of carbonyl (C=O) groups is 1. The van der Waals surface area contributed by atoms with Crippen molar-refractivity contribution in [3.05, 3.63) is 75.4 Å². The van der Waals surface area contributed by atoms with Crippen LogP contribution in [0.15, 0.2) is 69.9 Å². The average Bonchev–Trinajstić information content (AvgIpc) is 3.04. The van der Waals surface area contributed by atoms with Crippen molar-refractivity contribution in [3.8, 4) is 5.69 Å². The van der Waals surface area contributed by atoms with Gasteiger partial charge in [-0.2, -0.15) is 5.10 Å². The summed E-state index contributed by atoms with van der Waals surface area (Å²) in [6.45, 7) is 0. The molecular weight excluding hydrogens is 410 g/mol. The Balaban J connectivity index is 1.77. The summed E-state index contributed by atoms with van der Waals surface area (Å²) in [5.41, 5.74) is 2.22. The second-order valence-electron chi connectivity index (χ2n) is 4.58. The zero-order chi connectivity index (χ0) is 15.5. The van der Waals surface area contributed by atoms with Crippen molar-refractivity contribution in [2.45, 2.75) is 0 Å². The lowest BCUT2D eigenvalue weighted by Crippen LogP contribution is -2.12. The van der Waals surface area contributed by atoms with Gasteiger partial charge in [-0.25, -0.2) is 4.68 Å². The molecule has 2 aromatic carbocycles. The van der Waals surface area contributed by atoms with Crippen molar-refractivity contribution in [1.29, 1.82) is 0 Å². The molecule has 0 aliphatic rings. The van der Waals surface area contributed by atoms with Gasteiger partial charge in [0.2, 0.25) is 0 Å². The van der Waals surface area contributed by atoms with Gasteiger partial charge < -0.3 is 5.32 Å². The fourth-order valence-corrected chi connectivity index (χ4v) is 3.12. The maximum absolute atomic E-state index is 12.3.